The highest BCUT2D eigenvalue weighted by Crippen LogP contribution is 2.22. The molecule has 1 aromatic carbocycles. The van der Waals surface area contributed by atoms with Crippen LogP contribution in [0.1, 0.15) is 35.8 Å². The van der Waals surface area contributed by atoms with Crippen LogP contribution in [0, 0.1) is 5.92 Å². The molecule has 1 fully saturated rings. The molecule has 0 bridgehead atoms. The van der Waals surface area contributed by atoms with E-state index in [4.69, 9.17) is 5.14 Å². The number of rotatable bonds is 5. The van der Waals surface area contributed by atoms with Gasteiger partial charge in [0.05, 0.1) is 4.90 Å². The highest BCUT2D eigenvalue weighted by molar-refractivity contribution is 7.89. The number of benzene rings is 1. The van der Waals surface area contributed by atoms with Crippen molar-refractivity contribution < 1.29 is 18.0 Å². The number of nitrogens with two attached hydrogens (primary N) is 1. The van der Waals surface area contributed by atoms with Gasteiger partial charge >= 0.3 is 0 Å². The maximum absolute atomic E-state index is 12.8. The van der Waals surface area contributed by atoms with Gasteiger partial charge in [-0.1, -0.05) is 13.0 Å². The van der Waals surface area contributed by atoms with E-state index in [9.17, 15) is 18.0 Å². The van der Waals surface area contributed by atoms with Gasteiger partial charge in [-0.25, -0.2) is 13.6 Å². The molecule has 0 radical (unpaired) electrons. The van der Waals surface area contributed by atoms with E-state index in [-0.39, 0.29) is 22.6 Å². The van der Waals surface area contributed by atoms with Crippen LogP contribution in [0.5, 0.6) is 0 Å². The van der Waals surface area contributed by atoms with Gasteiger partial charge in [0.15, 0.2) is 0 Å². The molecule has 1 aromatic heterocycles. The maximum atomic E-state index is 12.8. The zero-order chi connectivity index (χ0) is 21.0. The van der Waals surface area contributed by atoms with Crippen molar-refractivity contribution >= 4 is 27.5 Å². The van der Waals surface area contributed by atoms with Gasteiger partial charge in [-0.3, -0.25) is 14.6 Å². The van der Waals surface area contributed by atoms with Gasteiger partial charge in [0.2, 0.25) is 15.9 Å². The monoisotopic (exact) mass is 416 g/mol. The normalized spacial score (nSPS) is 15.2. The lowest BCUT2D eigenvalue weighted by Crippen LogP contribution is -2.42. The number of piperidine rings is 1. The number of anilines is 1. The topological polar surface area (TPSA) is 122 Å². The number of carbonyl (C=O) groups is 2. The molecule has 1 saturated heterocycles. The lowest BCUT2D eigenvalue weighted by Gasteiger charge is -2.31. The second kappa shape index (κ2) is 8.71. The van der Waals surface area contributed by atoms with Crippen molar-refractivity contribution in [3.05, 3.63) is 53.9 Å². The molecule has 1 aliphatic rings. The number of carbonyl (C=O) groups excluding carboxylic acids is 2. The Balaban J connectivity index is 1.57. The van der Waals surface area contributed by atoms with E-state index >= 15 is 0 Å². The average Bonchev–Trinajstić information content (AvgIpc) is 2.73. The number of sulfonamides is 1. The maximum Gasteiger partial charge on any atom is 0.272 e. The largest absolute Gasteiger partial charge is 0.337 e. The number of aryl methyl sites for hydroxylation is 1. The molecule has 3 N–H and O–H groups in total. The standard InChI is InChI=1S/C20H24N4O4S/c1-2-14-4-3-11-22-18(14)20(26)24-12-9-15(10-13-24)19(25)23-16-5-7-17(8-6-16)29(21,27)28/h3-8,11,15H,2,9-10,12-13H2,1H3,(H,23,25)(H2,21,27,28). The van der Waals surface area contributed by atoms with E-state index in [1.54, 1.807) is 11.1 Å². The summed E-state index contributed by atoms with van der Waals surface area (Å²) in [6.07, 6.45) is 3.47. The summed E-state index contributed by atoms with van der Waals surface area (Å²) in [7, 11) is -3.77. The lowest BCUT2D eigenvalue weighted by atomic mass is 9.95. The third kappa shape index (κ3) is 4.99. The van der Waals surface area contributed by atoms with Crippen LogP contribution < -0.4 is 10.5 Å². The lowest BCUT2D eigenvalue weighted by molar-refractivity contribution is -0.121. The Morgan fingerprint density at radius 2 is 1.83 bits per heavy atom. The minimum atomic E-state index is -3.77. The van der Waals surface area contributed by atoms with Crippen molar-refractivity contribution in [3.8, 4) is 0 Å². The zero-order valence-corrected chi connectivity index (χ0v) is 17.0. The van der Waals surface area contributed by atoms with Crippen LogP contribution >= 0.6 is 0 Å². The summed E-state index contributed by atoms with van der Waals surface area (Å²) in [5.74, 6) is -0.459. The SMILES string of the molecule is CCc1cccnc1C(=O)N1CCC(C(=O)Nc2ccc(S(N)(=O)=O)cc2)CC1. The van der Waals surface area contributed by atoms with Crippen molar-refractivity contribution in [2.75, 3.05) is 18.4 Å². The van der Waals surface area contributed by atoms with Gasteiger partial charge in [0, 0.05) is 30.9 Å². The third-order valence-electron chi connectivity index (χ3n) is 5.08. The number of amides is 2. The first-order valence-corrected chi connectivity index (χ1v) is 11.0. The van der Waals surface area contributed by atoms with Crippen LogP contribution in [0.3, 0.4) is 0 Å². The molecule has 2 aromatic rings. The van der Waals surface area contributed by atoms with Gasteiger partial charge in [-0.15, -0.1) is 0 Å². The summed E-state index contributed by atoms with van der Waals surface area (Å²) in [5, 5.41) is 7.86. The Hall–Kier alpha value is -2.78. The quantitative estimate of drug-likeness (QED) is 0.769. The fourth-order valence-electron chi connectivity index (χ4n) is 3.38. The van der Waals surface area contributed by atoms with Gasteiger partial charge in [0.25, 0.3) is 5.91 Å². The van der Waals surface area contributed by atoms with Crippen LogP contribution in [-0.4, -0.2) is 43.2 Å². The van der Waals surface area contributed by atoms with E-state index in [1.165, 1.54) is 24.3 Å². The highest BCUT2D eigenvalue weighted by Gasteiger charge is 2.29. The number of likely N-dealkylation sites (tertiary alicyclic amines) is 1. The van der Waals surface area contributed by atoms with Crippen molar-refractivity contribution in [1.29, 1.82) is 0 Å². The number of nitrogens with one attached hydrogen (secondary N) is 1. The molecule has 1 aliphatic heterocycles. The van der Waals surface area contributed by atoms with E-state index in [0.29, 0.717) is 37.3 Å². The summed E-state index contributed by atoms with van der Waals surface area (Å²) < 4.78 is 22.6. The Kier molecular flexibility index (Phi) is 6.29. The van der Waals surface area contributed by atoms with Crippen LogP contribution in [0.4, 0.5) is 5.69 Å². The predicted molar refractivity (Wildman–Crippen MR) is 109 cm³/mol. The Labute approximate surface area is 170 Å². The summed E-state index contributed by atoms with van der Waals surface area (Å²) >= 11 is 0. The molecular formula is C20H24N4O4S. The summed E-state index contributed by atoms with van der Waals surface area (Å²) in [5.41, 5.74) is 1.90. The van der Waals surface area contributed by atoms with Crippen LogP contribution in [0.2, 0.25) is 0 Å². The molecular weight excluding hydrogens is 392 g/mol. The van der Waals surface area contributed by atoms with Crippen molar-refractivity contribution in [2.24, 2.45) is 11.1 Å². The van der Waals surface area contributed by atoms with E-state index < -0.39 is 10.0 Å². The predicted octanol–water partition coefficient (Wildman–Crippen LogP) is 1.78. The first kappa shape index (κ1) is 20.9. The molecule has 0 aliphatic carbocycles. The molecule has 0 spiro atoms. The van der Waals surface area contributed by atoms with Gasteiger partial charge in [-0.05, 0) is 55.2 Å². The fourth-order valence-corrected chi connectivity index (χ4v) is 3.90. The molecule has 9 heteroatoms. The first-order valence-electron chi connectivity index (χ1n) is 9.46. The highest BCUT2D eigenvalue weighted by atomic mass is 32.2. The van der Waals surface area contributed by atoms with Crippen LogP contribution in [-0.2, 0) is 21.2 Å². The molecule has 29 heavy (non-hydrogen) atoms. The molecule has 2 heterocycles. The molecule has 2 amide bonds. The van der Waals surface area contributed by atoms with Crippen LogP contribution in [0.25, 0.3) is 0 Å². The van der Waals surface area contributed by atoms with Crippen molar-refractivity contribution in [1.82, 2.24) is 9.88 Å². The minimum Gasteiger partial charge on any atom is -0.337 e. The van der Waals surface area contributed by atoms with Gasteiger partial charge in [0.1, 0.15) is 5.69 Å². The number of primary sulfonamides is 1. The first-order chi connectivity index (χ1) is 13.8. The average molecular weight is 417 g/mol. The number of hydrogen-bond acceptors (Lipinski definition) is 5. The van der Waals surface area contributed by atoms with E-state index in [1.807, 2.05) is 19.1 Å². The third-order valence-corrected chi connectivity index (χ3v) is 6.01. The van der Waals surface area contributed by atoms with Crippen molar-refractivity contribution in [2.45, 2.75) is 31.1 Å². The van der Waals surface area contributed by atoms with E-state index in [2.05, 4.69) is 10.3 Å². The Morgan fingerprint density at radius 3 is 2.41 bits per heavy atom. The second-order valence-corrected chi connectivity index (χ2v) is 8.55. The van der Waals surface area contributed by atoms with Crippen molar-refractivity contribution in [3.63, 3.8) is 0 Å². The number of pyridine rings is 1. The fraction of sp³-hybridized carbons (Fsp3) is 0.350. The number of hydrogen-bond donors (Lipinski definition) is 2. The van der Waals surface area contributed by atoms with E-state index in [0.717, 1.165) is 12.0 Å². The molecule has 0 saturated carbocycles. The molecule has 0 atom stereocenters. The Bertz CT molecular complexity index is 997. The number of nitrogens with zero attached hydrogens (tertiary/aromatic N) is 2. The molecule has 3 rings (SSSR count). The summed E-state index contributed by atoms with van der Waals surface area (Å²) in [6, 6.07) is 9.44. The Morgan fingerprint density at radius 1 is 1.17 bits per heavy atom. The zero-order valence-electron chi connectivity index (χ0n) is 16.2. The smallest absolute Gasteiger partial charge is 0.272 e. The number of aromatic nitrogens is 1. The summed E-state index contributed by atoms with van der Waals surface area (Å²) in [4.78, 5) is 31.3. The molecule has 154 valence electrons. The van der Waals surface area contributed by atoms with Crippen LogP contribution in [0.15, 0.2) is 47.5 Å². The van der Waals surface area contributed by atoms with Gasteiger partial charge < -0.3 is 10.2 Å². The van der Waals surface area contributed by atoms with Gasteiger partial charge in [-0.2, -0.15) is 0 Å². The minimum absolute atomic E-state index is 0.0108. The summed E-state index contributed by atoms with van der Waals surface area (Å²) in [6.45, 7) is 2.96. The molecule has 8 nitrogen and oxygen atoms in total. The second-order valence-electron chi connectivity index (χ2n) is 6.99. The molecule has 0 unspecified atom stereocenters.